The predicted octanol–water partition coefficient (Wildman–Crippen LogP) is -1.44. The second-order valence-electron chi connectivity index (χ2n) is 7.64. The summed E-state index contributed by atoms with van der Waals surface area (Å²) in [6.07, 6.45) is 8.25. The van der Waals surface area contributed by atoms with Gasteiger partial charge in [-0.2, -0.15) is 11.8 Å². The van der Waals surface area contributed by atoms with Gasteiger partial charge in [0, 0.05) is 36.6 Å². The molecule has 2 aromatic heterocycles. The summed E-state index contributed by atoms with van der Waals surface area (Å²) in [6, 6.07) is -4.10. The molecule has 34 heavy (non-hydrogen) atoms. The molecule has 14 heteroatoms. The maximum absolute atomic E-state index is 12.9. The van der Waals surface area contributed by atoms with E-state index in [1.54, 1.807) is 6.20 Å². The molecule has 186 valence electrons. The first kappa shape index (κ1) is 26.9. The number of H-pyrrole nitrogens is 2. The van der Waals surface area contributed by atoms with Crippen LogP contribution >= 0.6 is 11.8 Å². The first-order valence-corrected chi connectivity index (χ1v) is 11.9. The van der Waals surface area contributed by atoms with Crippen molar-refractivity contribution in [1.29, 1.82) is 0 Å². The summed E-state index contributed by atoms with van der Waals surface area (Å²) >= 11 is 1.46. The Kier molecular flexibility index (Phi) is 10.5. The van der Waals surface area contributed by atoms with Crippen LogP contribution in [0.3, 0.4) is 0 Å². The van der Waals surface area contributed by atoms with Gasteiger partial charge in [0.1, 0.15) is 18.1 Å². The SMILES string of the molecule is CSCCC(NC(=O)C(Cc1cnc[nH]1)NC(=O)C(C)NC(=O)C(N)Cc1cnc[nH]1)C(=O)O. The molecule has 0 saturated heterocycles. The van der Waals surface area contributed by atoms with Gasteiger partial charge in [0.15, 0.2) is 0 Å². The molecule has 0 aliphatic rings. The highest BCUT2D eigenvalue weighted by Crippen LogP contribution is 2.05. The molecule has 0 spiro atoms. The number of hydrogen-bond acceptors (Lipinski definition) is 8. The Morgan fingerprint density at radius 3 is 2.09 bits per heavy atom. The number of nitrogens with two attached hydrogens (primary N) is 1. The Hall–Kier alpha value is -3.39. The van der Waals surface area contributed by atoms with E-state index in [1.165, 1.54) is 37.5 Å². The minimum atomic E-state index is -1.17. The molecule has 0 bridgehead atoms. The number of aromatic amines is 2. The summed E-state index contributed by atoms with van der Waals surface area (Å²) in [6.45, 7) is 1.46. The molecule has 3 amide bonds. The van der Waals surface area contributed by atoms with E-state index in [-0.39, 0.29) is 19.3 Å². The maximum Gasteiger partial charge on any atom is 0.326 e. The van der Waals surface area contributed by atoms with Crippen molar-refractivity contribution in [3.63, 3.8) is 0 Å². The van der Waals surface area contributed by atoms with Crippen LogP contribution in [0, 0.1) is 0 Å². The fraction of sp³-hybridized carbons (Fsp3) is 0.500. The third-order valence-electron chi connectivity index (χ3n) is 4.92. The second kappa shape index (κ2) is 13.3. The molecular weight excluding hydrogens is 464 g/mol. The van der Waals surface area contributed by atoms with Gasteiger partial charge in [-0.3, -0.25) is 14.4 Å². The standard InChI is InChI=1S/C20H30N8O5S/c1-11(26-18(30)14(21)5-12-7-22-9-24-12)17(29)28-16(6-13-8-23-10-25-13)19(31)27-15(20(32)33)3-4-34-2/h7-11,14-16H,3-6,21H2,1-2H3,(H,22,24)(H,23,25)(H,26,30)(H,27,31)(H,28,29)(H,32,33). The Morgan fingerprint density at radius 1 is 0.971 bits per heavy atom. The van der Waals surface area contributed by atoms with Gasteiger partial charge in [0.2, 0.25) is 17.7 Å². The highest BCUT2D eigenvalue weighted by Gasteiger charge is 2.29. The molecular formula is C20H30N8O5S. The number of aromatic nitrogens is 4. The molecule has 0 radical (unpaired) electrons. The first-order valence-electron chi connectivity index (χ1n) is 10.5. The number of aliphatic carboxylic acids is 1. The van der Waals surface area contributed by atoms with E-state index >= 15 is 0 Å². The predicted molar refractivity (Wildman–Crippen MR) is 125 cm³/mol. The molecule has 13 nitrogen and oxygen atoms in total. The molecule has 8 N–H and O–H groups in total. The lowest BCUT2D eigenvalue weighted by atomic mass is 10.1. The molecule has 4 unspecified atom stereocenters. The van der Waals surface area contributed by atoms with E-state index in [2.05, 4.69) is 35.9 Å². The van der Waals surface area contributed by atoms with Crippen molar-refractivity contribution in [2.75, 3.05) is 12.0 Å². The minimum Gasteiger partial charge on any atom is -0.480 e. The number of amides is 3. The van der Waals surface area contributed by atoms with Crippen molar-refractivity contribution < 1.29 is 24.3 Å². The van der Waals surface area contributed by atoms with Crippen LogP contribution in [0.1, 0.15) is 24.7 Å². The van der Waals surface area contributed by atoms with E-state index in [0.717, 1.165) is 0 Å². The number of carboxylic acid groups (broad SMARTS) is 1. The van der Waals surface area contributed by atoms with E-state index in [9.17, 15) is 24.3 Å². The molecule has 2 heterocycles. The monoisotopic (exact) mass is 494 g/mol. The van der Waals surface area contributed by atoms with E-state index in [1.807, 2.05) is 6.26 Å². The third kappa shape index (κ3) is 8.51. The van der Waals surface area contributed by atoms with Gasteiger partial charge < -0.3 is 36.8 Å². The van der Waals surface area contributed by atoms with E-state index < -0.39 is 47.9 Å². The van der Waals surface area contributed by atoms with Gasteiger partial charge in [-0.05, 0) is 25.4 Å². The molecule has 0 aliphatic heterocycles. The number of carboxylic acids is 1. The number of imidazole rings is 2. The van der Waals surface area contributed by atoms with Crippen LogP contribution in [-0.4, -0.2) is 84.9 Å². The smallest absolute Gasteiger partial charge is 0.326 e. The van der Waals surface area contributed by atoms with Gasteiger partial charge in [0.25, 0.3) is 0 Å². The van der Waals surface area contributed by atoms with Gasteiger partial charge >= 0.3 is 5.97 Å². The average molecular weight is 495 g/mol. The van der Waals surface area contributed by atoms with Crippen LogP contribution in [0.4, 0.5) is 0 Å². The van der Waals surface area contributed by atoms with Crippen molar-refractivity contribution >= 4 is 35.5 Å². The Bertz CT molecular complexity index is 937. The molecule has 4 atom stereocenters. The van der Waals surface area contributed by atoms with Crippen LogP contribution in [0.5, 0.6) is 0 Å². The van der Waals surface area contributed by atoms with Crippen LogP contribution in [-0.2, 0) is 32.0 Å². The lowest BCUT2D eigenvalue weighted by Gasteiger charge is -2.23. The summed E-state index contributed by atoms with van der Waals surface area (Å²) in [7, 11) is 0. The number of nitrogens with zero attached hydrogens (tertiary/aromatic N) is 2. The Balaban J connectivity index is 2.01. The number of nitrogens with one attached hydrogen (secondary N) is 5. The summed E-state index contributed by atoms with van der Waals surface area (Å²) in [5, 5.41) is 17.0. The molecule has 2 aromatic rings. The molecule has 0 aliphatic carbocycles. The summed E-state index contributed by atoms with van der Waals surface area (Å²) in [5.74, 6) is -2.46. The van der Waals surface area contributed by atoms with Crippen LogP contribution < -0.4 is 21.7 Å². The number of carbonyl (C=O) groups is 4. The zero-order chi connectivity index (χ0) is 25.1. The quantitative estimate of drug-likeness (QED) is 0.164. The van der Waals surface area contributed by atoms with E-state index in [4.69, 9.17) is 5.73 Å². The summed E-state index contributed by atoms with van der Waals surface area (Å²) < 4.78 is 0. The molecule has 0 aromatic carbocycles. The van der Waals surface area contributed by atoms with Crippen LogP contribution in [0.25, 0.3) is 0 Å². The molecule has 0 fully saturated rings. The maximum atomic E-state index is 12.9. The Morgan fingerprint density at radius 2 is 1.56 bits per heavy atom. The zero-order valence-electron chi connectivity index (χ0n) is 18.9. The second-order valence-corrected chi connectivity index (χ2v) is 8.63. The number of thioether (sulfide) groups is 1. The summed E-state index contributed by atoms with van der Waals surface area (Å²) in [4.78, 5) is 62.9. The molecule has 0 saturated carbocycles. The number of rotatable bonds is 14. The topological polar surface area (TPSA) is 208 Å². The van der Waals surface area contributed by atoms with Crippen LogP contribution in [0.2, 0.25) is 0 Å². The van der Waals surface area contributed by atoms with Crippen LogP contribution in [0.15, 0.2) is 25.0 Å². The fourth-order valence-electron chi connectivity index (χ4n) is 3.00. The summed E-state index contributed by atoms with van der Waals surface area (Å²) in [5.41, 5.74) is 7.13. The van der Waals surface area contributed by atoms with Crippen molar-refractivity contribution in [2.24, 2.45) is 5.73 Å². The Labute approximate surface area is 200 Å². The third-order valence-corrected chi connectivity index (χ3v) is 5.56. The minimum absolute atomic E-state index is 0.0481. The number of hydrogen-bond donors (Lipinski definition) is 7. The van der Waals surface area contributed by atoms with Gasteiger partial charge in [-0.1, -0.05) is 0 Å². The molecule has 2 rings (SSSR count). The highest BCUT2D eigenvalue weighted by molar-refractivity contribution is 7.98. The van der Waals surface area contributed by atoms with Crippen molar-refractivity contribution in [1.82, 2.24) is 35.9 Å². The number of carbonyl (C=O) groups excluding carboxylic acids is 3. The largest absolute Gasteiger partial charge is 0.480 e. The lowest BCUT2D eigenvalue weighted by molar-refractivity contribution is -0.142. The first-order chi connectivity index (χ1) is 16.2. The van der Waals surface area contributed by atoms with Gasteiger partial charge in [0.05, 0.1) is 18.7 Å². The average Bonchev–Trinajstić information content (AvgIpc) is 3.49. The fourth-order valence-corrected chi connectivity index (χ4v) is 3.47. The van der Waals surface area contributed by atoms with Gasteiger partial charge in [-0.25, -0.2) is 14.8 Å². The van der Waals surface area contributed by atoms with Crippen molar-refractivity contribution in [3.8, 4) is 0 Å². The normalized spacial score (nSPS) is 14.4. The van der Waals surface area contributed by atoms with E-state index in [0.29, 0.717) is 17.1 Å². The zero-order valence-corrected chi connectivity index (χ0v) is 19.7. The lowest BCUT2D eigenvalue weighted by Crippen LogP contribution is -2.57. The highest BCUT2D eigenvalue weighted by atomic mass is 32.2. The van der Waals surface area contributed by atoms with Crippen molar-refractivity contribution in [3.05, 3.63) is 36.4 Å². The van der Waals surface area contributed by atoms with Gasteiger partial charge in [-0.15, -0.1) is 0 Å². The van der Waals surface area contributed by atoms with Crippen molar-refractivity contribution in [2.45, 2.75) is 50.4 Å².